The topological polar surface area (TPSA) is 66.1 Å². The van der Waals surface area contributed by atoms with Crippen LogP contribution in [0, 0.1) is 27.7 Å². The molecule has 6 nitrogen and oxygen atoms in total. The molecule has 30 heavy (non-hydrogen) atoms. The SMILES string of the molecule is CCCn1c(C)cc(C(=O)COC(=O)c2c(C)nn(Cc3ccccc3)c2C)c1C. The molecule has 0 radical (unpaired) electrons. The molecule has 0 amide bonds. The Labute approximate surface area is 177 Å². The van der Waals surface area contributed by atoms with E-state index in [2.05, 4.69) is 16.6 Å². The molecule has 0 saturated heterocycles. The lowest BCUT2D eigenvalue weighted by atomic mass is 10.1. The minimum atomic E-state index is -0.514. The van der Waals surface area contributed by atoms with Crippen LogP contribution in [0.1, 0.15) is 62.4 Å². The number of esters is 1. The number of rotatable bonds is 8. The van der Waals surface area contributed by atoms with Crippen LogP contribution < -0.4 is 0 Å². The minimum Gasteiger partial charge on any atom is -0.454 e. The lowest BCUT2D eigenvalue weighted by Crippen LogP contribution is -2.16. The minimum absolute atomic E-state index is 0.189. The largest absolute Gasteiger partial charge is 0.454 e. The van der Waals surface area contributed by atoms with Crippen molar-refractivity contribution in [2.45, 2.75) is 54.1 Å². The zero-order valence-corrected chi connectivity index (χ0v) is 18.4. The van der Waals surface area contributed by atoms with Crippen LogP contribution in [0.15, 0.2) is 36.4 Å². The normalized spacial score (nSPS) is 11.0. The van der Waals surface area contributed by atoms with Crippen LogP contribution in [0.4, 0.5) is 0 Å². The highest BCUT2D eigenvalue weighted by Gasteiger charge is 2.22. The van der Waals surface area contributed by atoms with E-state index in [0.29, 0.717) is 23.4 Å². The monoisotopic (exact) mass is 407 g/mol. The van der Waals surface area contributed by atoms with E-state index in [9.17, 15) is 9.59 Å². The number of hydrogen-bond donors (Lipinski definition) is 0. The van der Waals surface area contributed by atoms with Crippen molar-refractivity contribution >= 4 is 11.8 Å². The maximum atomic E-state index is 12.7. The summed E-state index contributed by atoms with van der Waals surface area (Å²) < 4.78 is 9.30. The molecule has 1 aromatic carbocycles. The van der Waals surface area contributed by atoms with Crippen molar-refractivity contribution in [2.75, 3.05) is 6.61 Å². The van der Waals surface area contributed by atoms with E-state index in [1.165, 1.54) is 0 Å². The van der Waals surface area contributed by atoms with Gasteiger partial charge in [-0.25, -0.2) is 4.79 Å². The molecule has 0 spiro atoms. The van der Waals surface area contributed by atoms with E-state index in [0.717, 1.165) is 35.6 Å². The lowest BCUT2D eigenvalue weighted by Gasteiger charge is -2.08. The van der Waals surface area contributed by atoms with Crippen molar-refractivity contribution < 1.29 is 14.3 Å². The Balaban J connectivity index is 1.71. The zero-order valence-electron chi connectivity index (χ0n) is 18.4. The maximum Gasteiger partial charge on any atom is 0.342 e. The average Bonchev–Trinajstić information content (AvgIpc) is 3.16. The number of hydrogen-bond acceptors (Lipinski definition) is 4. The van der Waals surface area contributed by atoms with E-state index in [1.807, 2.05) is 57.2 Å². The third-order valence-corrected chi connectivity index (χ3v) is 5.42. The van der Waals surface area contributed by atoms with Crippen LogP contribution in [-0.2, 0) is 17.8 Å². The lowest BCUT2D eigenvalue weighted by molar-refractivity contribution is 0.0473. The summed E-state index contributed by atoms with van der Waals surface area (Å²) in [6, 6.07) is 11.8. The summed E-state index contributed by atoms with van der Waals surface area (Å²) in [6.45, 7) is 10.8. The molecule has 6 heteroatoms. The zero-order chi connectivity index (χ0) is 21.8. The second-order valence-electron chi connectivity index (χ2n) is 7.62. The number of carbonyl (C=O) groups excluding carboxylic acids is 2. The number of Topliss-reactive ketones (excluding diaryl/α,β-unsaturated/α-hetero) is 1. The van der Waals surface area contributed by atoms with Crippen LogP contribution in [0.25, 0.3) is 0 Å². The van der Waals surface area contributed by atoms with Gasteiger partial charge in [0.05, 0.1) is 17.9 Å². The Morgan fingerprint density at radius 3 is 2.40 bits per heavy atom. The summed E-state index contributed by atoms with van der Waals surface area (Å²) in [6.07, 6.45) is 0.991. The first-order valence-corrected chi connectivity index (χ1v) is 10.3. The molecule has 3 rings (SSSR count). The van der Waals surface area contributed by atoms with Crippen molar-refractivity contribution in [3.63, 3.8) is 0 Å². The highest BCUT2D eigenvalue weighted by Crippen LogP contribution is 2.19. The molecule has 0 saturated carbocycles. The highest BCUT2D eigenvalue weighted by molar-refractivity contribution is 6.00. The van der Waals surface area contributed by atoms with Gasteiger partial charge in [-0.15, -0.1) is 0 Å². The highest BCUT2D eigenvalue weighted by atomic mass is 16.5. The van der Waals surface area contributed by atoms with Gasteiger partial charge in [-0.3, -0.25) is 9.48 Å². The summed E-state index contributed by atoms with van der Waals surface area (Å²) >= 11 is 0. The summed E-state index contributed by atoms with van der Waals surface area (Å²) in [4.78, 5) is 25.4. The number of ether oxygens (including phenoxy) is 1. The van der Waals surface area contributed by atoms with Gasteiger partial charge >= 0.3 is 5.97 Å². The number of carbonyl (C=O) groups is 2. The first-order valence-electron chi connectivity index (χ1n) is 10.3. The molecular formula is C24H29N3O3. The Kier molecular flexibility index (Phi) is 6.55. The molecule has 0 aliphatic rings. The van der Waals surface area contributed by atoms with Gasteiger partial charge < -0.3 is 9.30 Å². The Bertz CT molecular complexity index is 1060. The van der Waals surface area contributed by atoms with Gasteiger partial charge in [0.1, 0.15) is 5.56 Å². The Morgan fingerprint density at radius 1 is 1.03 bits per heavy atom. The van der Waals surface area contributed by atoms with Gasteiger partial charge in [-0.05, 0) is 45.7 Å². The summed E-state index contributed by atoms with van der Waals surface area (Å²) in [5, 5.41) is 4.49. The first kappa shape index (κ1) is 21.6. The van der Waals surface area contributed by atoms with Crippen LogP contribution in [-0.4, -0.2) is 32.7 Å². The third kappa shape index (κ3) is 4.37. The molecular weight excluding hydrogens is 378 g/mol. The molecule has 0 atom stereocenters. The van der Waals surface area contributed by atoms with Crippen molar-refractivity contribution in [3.8, 4) is 0 Å². The van der Waals surface area contributed by atoms with Crippen LogP contribution in [0.5, 0.6) is 0 Å². The fourth-order valence-corrected chi connectivity index (χ4v) is 3.83. The van der Waals surface area contributed by atoms with E-state index in [-0.39, 0.29) is 12.4 Å². The van der Waals surface area contributed by atoms with Crippen molar-refractivity contribution in [3.05, 3.63) is 75.9 Å². The third-order valence-electron chi connectivity index (χ3n) is 5.42. The smallest absolute Gasteiger partial charge is 0.342 e. The van der Waals surface area contributed by atoms with Gasteiger partial charge in [-0.2, -0.15) is 5.10 Å². The maximum absolute atomic E-state index is 12.7. The molecule has 0 aliphatic heterocycles. The van der Waals surface area contributed by atoms with Gasteiger partial charge in [0.25, 0.3) is 0 Å². The van der Waals surface area contributed by atoms with Gasteiger partial charge in [0.2, 0.25) is 5.78 Å². The van der Waals surface area contributed by atoms with E-state index >= 15 is 0 Å². The fraction of sp³-hybridized carbons (Fsp3) is 0.375. The van der Waals surface area contributed by atoms with Crippen molar-refractivity contribution in [1.29, 1.82) is 0 Å². The quantitative estimate of drug-likeness (QED) is 0.410. The summed E-state index contributed by atoms with van der Waals surface area (Å²) in [7, 11) is 0. The summed E-state index contributed by atoms with van der Waals surface area (Å²) in [5.74, 6) is -0.703. The van der Waals surface area contributed by atoms with Crippen LogP contribution in [0.3, 0.4) is 0 Å². The predicted molar refractivity (Wildman–Crippen MR) is 116 cm³/mol. The molecule has 158 valence electrons. The Hall–Kier alpha value is -3.15. The standard InChI is InChI=1S/C24H29N3O3/c1-6-12-26-16(2)13-21(18(26)4)22(28)15-30-24(29)23-17(3)25-27(19(23)5)14-20-10-8-7-9-11-20/h7-11,13H,6,12,14-15H2,1-5H3. The molecule has 2 aromatic heterocycles. The number of benzene rings is 1. The number of nitrogens with zero attached hydrogens (tertiary/aromatic N) is 3. The molecule has 3 aromatic rings. The molecule has 0 unspecified atom stereocenters. The number of ketones is 1. The summed E-state index contributed by atoms with van der Waals surface area (Å²) in [5.41, 5.74) is 5.42. The fourth-order valence-electron chi connectivity index (χ4n) is 3.83. The molecule has 0 aliphatic carbocycles. The molecule has 2 heterocycles. The molecule has 0 fully saturated rings. The number of aromatic nitrogens is 3. The number of aryl methyl sites for hydroxylation is 2. The second-order valence-corrected chi connectivity index (χ2v) is 7.62. The van der Waals surface area contributed by atoms with Crippen molar-refractivity contribution in [2.24, 2.45) is 0 Å². The van der Waals surface area contributed by atoms with Crippen LogP contribution in [0.2, 0.25) is 0 Å². The van der Waals surface area contributed by atoms with E-state index < -0.39 is 5.97 Å². The Morgan fingerprint density at radius 2 is 1.73 bits per heavy atom. The van der Waals surface area contributed by atoms with E-state index in [1.54, 1.807) is 11.6 Å². The van der Waals surface area contributed by atoms with E-state index in [4.69, 9.17) is 4.74 Å². The first-order chi connectivity index (χ1) is 14.3. The molecule has 0 bridgehead atoms. The van der Waals surface area contributed by atoms with Gasteiger partial charge in [0, 0.05) is 23.5 Å². The van der Waals surface area contributed by atoms with Gasteiger partial charge in [0.15, 0.2) is 6.61 Å². The average molecular weight is 408 g/mol. The predicted octanol–water partition coefficient (Wildman–Crippen LogP) is 4.42. The molecule has 0 N–H and O–H groups in total. The van der Waals surface area contributed by atoms with Crippen molar-refractivity contribution in [1.82, 2.24) is 14.3 Å². The second kappa shape index (κ2) is 9.11. The van der Waals surface area contributed by atoms with Gasteiger partial charge in [-0.1, -0.05) is 37.3 Å². The van der Waals surface area contributed by atoms with Crippen LogP contribution >= 0.6 is 0 Å².